The van der Waals surface area contributed by atoms with E-state index in [1.54, 1.807) is 6.92 Å². The highest BCUT2D eigenvalue weighted by atomic mass is 17.0. The molecule has 0 radical (unpaired) electrons. The smallest absolute Gasteiger partial charge is 0.296 e. The molecule has 0 aromatic heterocycles. The standard InChI is InChI=1S/C12H12N2O6/c1-8-3-10(6-16)11(4-9(8)5-15)12(17)13(2)7-20-14(18)19/h3-6H,7H2,1-2H3. The molecule has 0 atom stereocenters. The summed E-state index contributed by atoms with van der Waals surface area (Å²) in [7, 11) is 1.28. The number of hydrogen-bond donors (Lipinski definition) is 0. The van der Waals surface area contributed by atoms with Crippen molar-refractivity contribution < 1.29 is 24.3 Å². The molecule has 0 fully saturated rings. The minimum absolute atomic E-state index is 0.0119. The van der Waals surface area contributed by atoms with Crippen LogP contribution >= 0.6 is 0 Å². The Labute approximate surface area is 114 Å². The summed E-state index contributed by atoms with van der Waals surface area (Å²) >= 11 is 0. The molecule has 0 bridgehead atoms. The Balaban J connectivity index is 3.10. The first-order valence-electron chi connectivity index (χ1n) is 5.48. The summed E-state index contributed by atoms with van der Waals surface area (Å²) < 4.78 is 0. The third-order valence-electron chi connectivity index (χ3n) is 2.63. The van der Waals surface area contributed by atoms with Crippen molar-refractivity contribution in [2.45, 2.75) is 6.92 Å². The average molecular weight is 280 g/mol. The van der Waals surface area contributed by atoms with Crippen molar-refractivity contribution in [2.75, 3.05) is 13.8 Å². The van der Waals surface area contributed by atoms with Crippen LogP contribution in [0.4, 0.5) is 0 Å². The van der Waals surface area contributed by atoms with E-state index in [0.717, 1.165) is 4.90 Å². The van der Waals surface area contributed by atoms with Crippen LogP contribution in [-0.2, 0) is 4.84 Å². The molecule has 1 amide bonds. The van der Waals surface area contributed by atoms with Crippen molar-refractivity contribution in [3.05, 3.63) is 44.5 Å². The van der Waals surface area contributed by atoms with E-state index >= 15 is 0 Å². The summed E-state index contributed by atoms with van der Waals surface area (Å²) in [6.07, 6.45) is 1.05. The number of hydrogen-bond acceptors (Lipinski definition) is 6. The van der Waals surface area contributed by atoms with Crippen LogP contribution in [-0.4, -0.2) is 42.2 Å². The van der Waals surface area contributed by atoms with Crippen LogP contribution < -0.4 is 0 Å². The van der Waals surface area contributed by atoms with Crippen molar-refractivity contribution in [3.8, 4) is 0 Å². The van der Waals surface area contributed by atoms with Gasteiger partial charge in [-0.25, -0.2) is 0 Å². The number of carbonyl (C=O) groups is 3. The summed E-state index contributed by atoms with van der Waals surface area (Å²) in [5.74, 6) is -0.656. The Morgan fingerprint density at radius 2 is 1.95 bits per heavy atom. The van der Waals surface area contributed by atoms with Gasteiger partial charge in [0.05, 0.1) is 5.56 Å². The van der Waals surface area contributed by atoms with Gasteiger partial charge in [-0.05, 0) is 24.6 Å². The molecular formula is C12H12N2O6. The lowest BCUT2D eigenvalue weighted by Gasteiger charge is -2.17. The molecule has 0 aliphatic carbocycles. The van der Waals surface area contributed by atoms with E-state index in [4.69, 9.17) is 0 Å². The van der Waals surface area contributed by atoms with Gasteiger partial charge in [-0.1, -0.05) is 0 Å². The minimum Gasteiger partial charge on any atom is -0.318 e. The lowest BCUT2D eigenvalue weighted by Crippen LogP contribution is -2.31. The number of carbonyl (C=O) groups excluding carboxylic acids is 3. The molecular weight excluding hydrogens is 268 g/mol. The minimum atomic E-state index is -1.03. The van der Waals surface area contributed by atoms with Crippen LogP contribution in [0.5, 0.6) is 0 Å². The maximum atomic E-state index is 12.1. The van der Waals surface area contributed by atoms with Crippen molar-refractivity contribution >= 4 is 18.5 Å². The molecule has 8 nitrogen and oxygen atoms in total. The lowest BCUT2D eigenvalue weighted by molar-refractivity contribution is -0.761. The van der Waals surface area contributed by atoms with E-state index < -0.39 is 17.7 Å². The highest BCUT2D eigenvalue weighted by Crippen LogP contribution is 2.16. The normalized spacial score (nSPS) is 9.70. The molecule has 1 aromatic carbocycles. The van der Waals surface area contributed by atoms with Crippen LogP contribution in [0.2, 0.25) is 0 Å². The van der Waals surface area contributed by atoms with Crippen LogP contribution in [0, 0.1) is 17.0 Å². The molecule has 0 heterocycles. The van der Waals surface area contributed by atoms with E-state index in [1.807, 2.05) is 0 Å². The number of aryl methyl sites for hydroxylation is 1. The van der Waals surface area contributed by atoms with Crippen LogP contribution in [0.15, 0.2) is 12.1 Å². The quantitative estimate of drug-likeness (QED) is 0.331. The Morgan fingerprint density at radius 3 is 2.45 bits per heavy atom. The molecule has 0 aliphatic rings. The molecule has 106 valence electrons. The monoisotopic (exact) mass is 280 g/mol. The van der Waals surface area contributed by atoms with E-state index in [0.29, 0.717) is 18.1 Å². The van der Waals surface area contributed by atoms with E-state index in [-0.39, 0.29) is 16.7 Å². The van der Waals surface area contributed by atoms with Crippen LogP contribution in [0.1, 0.15) is 36.6 Å². The molecule has 20 heavy (non-hydrogen) atoms. The number of rotatable bonds is 6. The summed E-state index contributed by atoms with van der Waals surface area (Å²) in [6, 6.07) is 2.68. The fraction of sp³-hybridized carbons (Fsp3) is 0.250. The van der Waals surface area contributed by atoms with Crippen molar-refractivity contribution in [2.24, 2.45) is 0 Å². The van der Waals surface area contributed by atoms with Gasteiger partial charge in [-0.2, -0.15) is 0 Å². The zero-order chi connectivity index (χ0) is 15.3. The largest absolute Gasteiger partial charge is 0.318 e. The Kier molecular flexibility index (Phi) is 4.90. The first kappa shape index (κ1) is 15.3. The van der Waals surface area contributed by atoms with Crippen LogP contribution in [0.25, 0.3) is 0 Å². The number of aldehydes is 2. The Morgan fingerprint density at radius 1 is 1.35 bits per heavy atom. The molecule has 0 aliphatic heterocycles. The van der Waals surface area contributed by atoms with Gasteiger partial charge in [0.25, 0.3) is 11.0 Å². The second-order valence-electron chi connectivity index (χ2n) is 4.02. The van der Waals surface area contributed by atoms with E-state index in [9.17, 15) is 24.5 Å². The number of amides is 1. The Bertz CT molecular complexity index is 569. The molecule has 0 saturated heterocycles. The van der Waals surface area contributed by atoms with Gasteiger partial charge in [-0.15, -0.1) is 10.1 Å². The molecule has 0 saturated carbocycles. The second-order valence-corrected chi connectivity index (χ2v) is 4.02. The molecule has 1 aromatic rings. The van der Waals surface area contributed by atoms with Gasteiger partial charge in [0.2, 0.25) is 0 Å². The SMILES string of the molecule is Cc1cc(C=O)c(C(=O)N(C)CO[N+](=O)[O-])cc1C=O. The maximum absolute atomic E-state index is 12.1. The summed E-state index contributed by atoms with van der Waals surface area (Å²) in [5, 5.41) is 9.04. The van der Waals surface area contributed by atoms with Crippen LogP contribution in [0.3, 0.4) is 0 Å². The third-order valence-corrected chi connectivity index (χ3v) is 2.63. The van der Waals surface area contributed by atoms with Gasteiger partial charge in [0, 0.05) is 18.2 Å². The fourth-order valence-electron chi connectivity index (χ4n) is 1.55. The van der Waals surface area contributed by atoms with Crippen molar-refractivity contribution in [3.63, 3.8) is 0 Å². The molecule has 0 unspecified atom stereocenters. The predicted molar refractivity (Wildman–Crippen MR) is 67.0 cm³/mol. The molecule has 8 heteroatoms. The number of nitrogens with zero attached hydrogens (tertiary/aromatic N) is 2. The first-order chi connectivity index (χ1) is 9.40. The second kappa shape index (κ2) is 6.41. The van der Waals surface area contributed by atoms with Gasteiger partial charge < -0.3 is 4.90 Å². The van der Waals surface area contributed by atoms with Gasteiger partial charge >= 0.3 is 0 Å². The third kappa shape index (κ3) is 3.37. The lowest BCUT2D eigenvalue weighted by atomic mass is 9.99. The summed E-state index contributed by atoms with van der Waals surface area (Å²) in [4.78, 5) is 49.0. The predicted octanol–water partition coefficient (Wildman–Crippen LogP) is 0.858. The highest BCUT2D eigenvalue weighted by molar-refractivity contribution is 6.02. The van der Waals surface area contributed by atoms with E-state index in [1.165, 1.54) is 19.2 Å². The molecule has 0 spiro atoms. The van der Waals surface area contributed by atoms with Gasteiger partial charge in [-0.3, -0.25) is 19.2 Å². The first-order valence-corrected chi connectivity index (χ1v) is 5.48. The summed E-state index contributed by atoms with van der Waals surface area (Å²) in [6.45, 7) is 1.05. The molecule has 1 rings (SSSR count). The fourth-order valence-corrected chi connectivity index (χ4v) is 1.55. The molecule has 0 N–H and O–H groups in total. The van der Waals surface area contributed by atoms with Gasteiger partial charge in [0.1, 0.15) is 6.29 Å². The zero-order valence-electron chi connectivity index (χ0n) is 10.9. The van der Waals surface area contributed by atoms with Crippen molar-refractivity contribution in [1.29, 1.82) is 0 Å². The maximum Gasteiger partial charge on any atom is 0.296 e. The highest BCUT2D eigenvalue weighted by Gasteiger charge is 2.18. The van der Waals surface area contributed by atoms with Crippen molar-refractivity contribution in [1.82, 2.24) is 4.90 Å². The van der Waals surface area contributed by atoms with E-state index in [2.05, 4.69) is 4.84 Å². The average Bonchev–Trinajstić information content (AvgIpc) is 2.43. The number of benzene rings is 1. The Hall–Kier alpha value is -2.77. The topological polar surface area (TPSA) is 107 Å². The zero-order valence-corrected chi connectivity index (χ0v) is 10.9. The van der Waals surface area contributed by atoms with Gasteiger partial charge in [0.15, 0.2) is 13.0 Å². The summed E-state index contributed by atoms with van der Waals surface area (Å²) in [5.41, 5.74) is 0.915.